The lowest BCUT2D eigenvalue weighted by Crippen LogP contribution is -2.48. The summed E-state index contributed by atoms with van der Waals surface area (Å²) in [5.74, 6) is 0.481. The predicted molar refractivity (Wildman–Crippen MR) is 87.5 cm³/mol. The number of nitrogens with zero attached hydrogens (tertiary/aromatic N) is 1. The van der Waals surface area contributed by atoms with Crippen LogP contribution in [0.5, 0.6) is 0 Å². The molecule has 116 valence electrons. The average Bonchev–Trinajstić information content (AvgIpc) is 2.55. The van der Waals surface area contributed by atoms with Gasteiger partial charge in [-0.15, -0.1) is 0 Å². The largest absolute Gasteiger partial charge is 0.338 e. The van der Waals surface area contributed by atoms with Crippen LogP contribution in [0.4, 0.5) is 4.79 Å². The summed E-state index contributed by atoms with van der Waals surface area (Å²) < 4.78 is 0. The summed E-state index contributed by atoms with van der Waals surface area (Å²) in [6.07, 6.45) is 5.61. The third kappa shape index (κ3) is 4.48. The Labute approximate surface area is 128 Å². The number of piperidine rings is 1. The van der Waals surface area contributed by atoms with Crippen molar-refractivity contribution in [2.24, 2.45) is 0 Å². The first-order chi connectivity index (χ1) is 10.2. The first-order valence-corrected chi connectivity index (χ1v) is 8.31. The molecule has 1 aliphatic heterocycles. The number of rotatable bonds is 5. The maximum absolute atomic E-state index is 12.3. The van der Waals surface area contributed by atoms with E-state index in [0.29, 0.717) is 12.0 Å². The zero-order chi connectivity index (χ0) is 15.1. The average molecular weight is 288 g/mol. The second-order valence-electron chi connectivity index (χ2n) is 6.08. The highest BCUT2D eigenvalue weighted by molar-refractivity contribution is 5.74. The maximum Gasteiger partial charge on any atom is 0.317 e. The quantitative estimate of drug-likeness (QED) is 0.867. The molecule has 2 unspecified atom stereocenters. The highest BCUT2D eigenvalue weighted by Crippen LogP contribution is 2.20. The molecule has 1 N–H and O–H groups in total. The van der Waals surface area contributed by atoms with Crippen molar-refractivity contribution in [3.05, 3.63) is 35.9 Å². The number of nitrogens with one attached hydrogen (secondary N) is 1. The molecule has 1 aromatic carbocycles. The van der Waals surface area contributed by atoms with Crippen molar-refractivity contribution < 1.29 is 4.79 Å². The molecule has 0 aromatic heterocycles. The summed E-state index contributed by atoms with van der Waals surface area (Å²) >= 11 is 0. The van der Waals surface area contributed by atoms with E-state index in [1.54, 1.807) is 0 Å². The lowest BCUT2D eigenvalue weighted by molar-refractivity contribution is 0.148. The first-order valence-electron chi connectivity index (χ1n) is 8.31. The summed E-state index contributed by atoms with van der Waals surface area (Å²) in [5, 5.41) is 3.10. The van der Waals surface area contributed by atoms with Crippen molar-refractivity contribution in [3.63, 3.8) is 0 Å². The van der Waals surface area contributed by atoms with E-state index in [-0.39, 0.29) is 6.03 Å². The summed E-state index contributed by atoms with van der Waals surface area (Å²) in [4.78, 5) is 14.3. The Morgan fingerprint density at radius 2 is 2.10 bits per heavy atom. The third-order valence-corrected chi connectivity index (χ3v) is 4.58. The molecule has 0 saturated carbocycles. The van der Waals surface area contributed by atoms with Crippen molar-refractivity contribution in [1.29, 1.82) is 0 Å². The molecule has 0 bridgehead atoms. The molecule has 0 aliphatic carbocycles. The normalized spacial score (nSPS) is 20.1. The van der Waals surface area contributed by atoms with Crippen LogP contribution in [0.3, 0.4) is 0 Å². The van der Waals surface area contributed by atoms with Gasteiger partial charge in [0.2, 0.25) is 0 Å². The van der Waals surface area contributed by atoms with Gasteiger partial charge in [-0.05, 0) is 43.6 Å². The Kier molecular flexibility index (Phi) is 6.09. The van der Waals surface area contributed by atoms with E-state index in [0.717, 1.165) is 38.8 Å². The van der Waals surface area contributed by atoms with Crippen LogP contribution in [0.25, 0.3) is 0 Å². The molecule has 1 aromatic rings. The topological polar surface area (TPSA) is 32.3 Å². The lowest BCUT2D eigenvalue weighted by atomic mass is 9.98. The van der Waals surface area contributed by atoms with Gasteiger partial charge in [-0.1, -0.05) is 44.2 Å². The lowest BCUT2D eigenvalue weighted by Gasteiger charge is -2.35. The van der Waals surface area contributed by atoms with Gasteiger partial charge in [0.1, 0.15) is 0 Å². The van der Waals surface area contributed by atoms with Crippen LogP contribution < -0.4 is 5.32 Å². The summed E-state index contributed by atoms with van der Waals surface area (Å²) in [7, 11) is 0. The highest BCUT2D eigenvalue weighted by atomic mass is 16.2. The standard InChI is InChI=1S/C18H28N2O/c1-3-17-11-7-8-14-20(17)18(21)19-13-12-15(2)16-9-5-4-6-10-16/h4-6,9-10,15,17H,3,7-8,11-14H2,1-2H3,(H,19,21). The third-order valence-electron chi connectivity index (χ3n) is 4.58. The van der Waals surface area contributed by atoms with Gasteiger partial charge in [0.15, 0.2) is 0 Å². The minimum Gasteiger partial charge on any atom is -0.338 e. The van der Waals surface area contributed by atoms with E-state index in [9.17, 15) is 4.79 Å². The van der Waals surface area contributed by atoms with Crippen molar-refractivity contribution in [2.75, 3.05) is 13.1 Å². The maximum atomic E-state index is 12.3. The molecule has 1 saturated heterocycles. The van der Waals surface area contributed by atoms with Gasteiger partial charge >= 0.3 is 6.03 Å². The summed E-state index contributed by atoms with van der Waals surface area (Å²) in [6.45, 7) is 6.06. The Morgan fingerprint density at radius 3 is 2.81 bits per heavy atom. The van der Waals surface area contributed by atoms with Gasteiger partial charge in [0.05, 0.1) is 0 Å². The van der Waals surface area contributed by atoms with Crippen LogP contribution in [-0.2, 0) is 0 Å². The molecular formula is C18H28N2O. The van der Waals surface area contributed by atoms with Crippen LogP contribution >= 0.6 is 0 Å². The van der Waals surface area contributed by atoms with E-state index in [2.05, 4.69) is 43.4 Å². The molecule has 3 heteroatoms. The van der Waals surface area contributed by atoms with Crippen LogP contribution in [0.1, 0.15) is 57.4 Å². The van der Waals surface area contributed by atoms with Crippen molar-refractivity contribution in [1.82, 2.24) is 10.2 Å². The van der Waals surface area contributed by atoms with Crippen molar-refractivity contribution >= 4 is 6.03 Å². The number of urea groups is 1. The van der Waals surface area contributed by atoms with Gasteiger partial charge in [-0.3, -0.25) is 0 Å². The fourth-order valence-electron chi connectivity index (χ4n) is 3.14. The smallest absolute Gasteiger partial charge is 0.317 e. The van der Waals surface area contributed by atoms with Crippen LogP contribution in [0.15, 0.2) is 30.3 Å². The minimum absolute atomic E-state index is 0.127. The number of amides is 2. The van der Waals surface area contributed by atoms with Crippen LogP contribution in [-0.4, -0.2) is 30.1 Å². The van der Waals surface area contributed by atoms with E-state index in [1.165, 1.54) is 12.0 Å². The molecule has 1 aliphatic rings. The summed E-state index contributed by atoms with van der Waals surface area (Å²) in [6, 6.07) is 11.1. The van der Waals surface area contributed by atoms with Crippen molar-refractivity contribution in [2.45, 2.75) is 57.9 Å². The molecule has 1 heterocycles. The highest BCUT2D eigenvalue weighted by Gasteiger charge is 2.24. The van der Waals surface area contributed by atoms with Gasteiger partial charge in [0, 0.05) is 19.1 Å². The Balaban J connectivity index is 1.76. The molecule has 2 atom stereocenters. The van der Waals surface area contributed by atoms with Crippen LogP contribution in [0, 0.1) is 0 Å². The van der Waals surface area contributed by atoms with Gasteiger partial charge < -0.3 is 10.2 Å². The minimum atomic E-state index is 0.127. The second kappa shape index (κ2) is 8.06. The number of carbonyl (C=O) groups is 1. The number of hydrogen-bond acceptors (Lipinski definition) is 1. The number of likely N-dealkylation sites (tertiary alicyclic amines) is 1. The van der Waals surface area contributed by atoms with E-state index in [4.69, 9.17) is 0 Å². The Bertz CT molecular complexity index is 432. The van der Waals surface area contributed by atoms with Gasteiger partial charge in [-0.25, -0.2) is 4.79 Å². The number of carbonyl (C=O) groups excluding carboxylic acids is 1. The zero-order valence-corrected chi connectivity index (χ0v) is 13.3. The van der Waals surface area contributed by atoms with E-state index < -0.39 is 0 Å². The zero-order valence-electron chi connectivity index (χ0n) is 13.3. The van der Waals surface area contributed by atoms with Crippen molar-refractivity contribution in [3.8, 4) is 0 Å². The Morgan fingerprint density at radius 1 is 1.33 bits per heavy atom. The fourth-order valence-corrected chi connectivity index (χ4v) is 3.14. The fraction of sp³-hybridized carbons (Fsp3) is 0.611. The molecular weight excluding hydrogens is 260 g/mol. The van der Waals surface area contributed by atoms with Gasteiger partial charge in [0.25, 0.3) is 0 Å². The number of benzene rings is 1. The molecule has 21 heavy (non-hydrogen) atoms. The molecule has 0 radical (unpaired) electrons. The first kappa shape index (κ1) is 15.9. The van der Waals surface area contributed by atoms with Gasteiger partial charge in [-0.2, -0.15) is 0 Å². The number of hydrogen-bond donors (Lipinski definition) is 1. The monoisotopic (exact) mass is 288 g/mol. The molecule has 1 fully saturated rings. The van der Waals surface area contributed by atoms with E-state index in [1.807, 2.05) is 11.0 Å². The SMILES string of the molecule is CCC1CCCCN1C(=O)NCCC(C)c1ccccc1. The summed E-state index contributed by atoms with van der Waals surface area (Å²) in [5.41, 5.74) is 1.34. The molecule has 3 nitrogen and oxygen atoms in total. The van der Waals surface area contributed by atoms with E-state index >= 15 is 0 Å². The molecule has 2 rings (SSSR count). The molecule has 2 amide bonds. The molecule has 0 spiro atoms. The Hall–Kier alpha value is -1.51. The predicted octanol–water partition coefficient (Wildman–Crippen LogP) is 4.15. The second-order valence-corrected chi connectivity index (χ2v) is 6.08. The van der Waals surface area contributed by atoms with Crippen LogP contribution in [0.2, 0.25) is 0 Å².